The second-order valence-electron chi connectivity index (χ2n) is 6.23. The molecule has 3 aromatic heterocycles. The topological polar surface area (TPSA) is 69.6 Å². The third-order valence-electron chi connectivity index (χ3n) is 4.46. The number of para-hydroxylation sites is 2. The van der Waals surface area contributed by atoms with Gasteiger partial charge in [0.2, 0.25) is 5.89 Å². The first-order chi connectivity index (χ1) is 13.3. The Balaban J connectivity index is 1.64. The number of hydrogen-bond donors (Lipinski definition) is 0. The minimum absolute atomic E-state index is 0.509. The summed E-state index contributed by atoms with van der Waals surface area (Å²) in [5.74, 6) is 1.32. The lowest BCUT2D eigenvalue weighted by Gasteiger charge is -2.09. The van der Waals surface area contributed by atoms with Crippen LogP contribution in [0.3, 0.4) is 0 Å². The van der Waals surface area contributed by atoms with Crippen LogP contribution >= 0.6 is 0 Å². The molecule has 130 valence electrons. The van der Waals surface area contributed by atoms with Gasteiger partial charge in [0.15, 0.2) is 11.4 Å². The maximum atomic E-state index is 5.87. The molecule has 0 amide bonds. The van der Waals surface area contributed by atoms with E-state index in [4.69, 9.17) is 4.42 Å². The molecule has 0 atom stereocenters. The third kappa shape index (κ3) is 2.67. The van der Waals surface area contributed by atoms with E-state index in [0.717, 1.165) is 33.6 Å². The Morgan fingerprint density at radius 1 is 0.926 bits per heavy atom. The summed E-state index contributed by atoms with van der Waals surface area (Å²) in [7, 11) is 1.93. The van der Waals surface area contributed by atoms with Gasteiger partial charge in [-0.05, 0) is 35.4 Å². The smallest absolute Gasteiger partial charge is 0.246 e. The first kappa shape index (κ1) is 15.5. The largest absolute Gasteiger partial charge is 0.435 e. The van der Waals surface area contributed by atoms with E-state index in [9.17, 15) is 0 Å². The molecular weight excluding hydrogens is 338 g/mol. The van der Waals surface area contributed by atoms with E-state index in [-0.39, 0.29) is 0 Å². The highest BCUT2D eigenvalue weighted by atomic mass is 16.3. The summed E-state index contributed by atoms with van der Waals surface area (Å²) in [6.45, 7) is 0. The third-order valence-corrected chi connectivity index (χ3v) is 4.46. The first-order valence-corrected chi connectivity index (χ1v) is 8.55. The number of aromatic nitrogens is 5. The van der Waals surface area contributed by atoms with E-state index in [1.807, 2.05) is 66.2 Å². The highest BCUT2D eigenvalue weighted by Crippen LogP contribution is 2.32. The minimum atomic E-state index is 0.509. The minimum Gasteiger partial charge on any atom is -0.435 e. The predicted octanol–water partition coefficient (Wildman–Crippen LogP) is 4.35. The summed E-state index contributed by atoms with van der Waals surface area (Å²) in [5.41, 5.74) is 5.33. The molecule has 5 rings (SSSR count). The zero-order valence-corrected chi connectivity index (χ0v) is 14.6. The van der Waals surface area contributed by atoms with Gasteiger partial charge in [0, 0.05) is 18.8 Å². The molecule has 0 fully saturated rings. The summed E-state index contributed by atoms with van der Waals surface area (Å²) in [5, 5.41) is 8.25. The predicted molar refractivity (Wildman–Crippen MR) is 103 cm³/mol. The molecular formula is C21H15N5O. The maximum absolute atomic E-state index is 5.87. The summed E-state index contributed by atoms with van der Waals surface area (Å²) in [6.07, 6.45) is 3.47. The summed E-state index contributed by atoms with van der Waals surface area (Å²) >= 11 is 0. The van der Waals surface area contributed by atoms with Gasteiger partial charge in [0.25, 0.3) is 0 Å². The standard InChI is InChI=1S/C21H15N5O/c1-26-13-23-25-20(26)16-7-3-2-6-15(16)14-10-11-22-18(12-14)21-24-17-8-4-5-9-19(17)27-21/h2-13H,1H3. The van der Waals surface area contributed by atoms with E-state index in [2.05, 4.69) is 26.2 Å². The zero-order valence-electron chi connectivity index (χ0n) is 14.6. The van der Waals surface area contributed by atoms with Gasteiger partial charge in [-0.25, -0.2) is 4.98 Å². The van der Waals surface area contributed by atoms with E-state index in [1.54, 1.807) is 12.5 Å². The van der Waals surface area contributed by atoms with Crippen molar-refractivity contribution in [1.29, 1.82) is 0 Å². The van der Waals surface area contributed by atoms with Crippen LogP contribution in [0.4, 0.5) is 0 Å². The fourth-order valence-electron chi connectivity index (χ4n) is 3.15. The van der Waals surface area contributed by atoms with Gasteiger partial charge in [0.05, 0.1) is 0 Å². The lowest BCUT2D eigenvalue weighted by Crippen LogP contribution is -1.94. The quantitative estimate of drug-likeness (QED) is 0.482. The van der Waals surface area contributed by atoms with Gasteiger partial charge < -0.3 is 8.98 Å². The molecule has 2 aromatic carbocycles. The van der Waals surface area contributed by atoms with Crippen molar-refractivity contribution in [2.45, 2.75) is 0 Å². The molecule has 0 radical (unpaired) electrons. The molecule has 5 aromatic rings. The number of oxazole rings is 1. The van der Waals surface area contributed by atoms with Crippen LogP contribution in [0.5, 0.6) is 0 Å². The van der Waals surface area contributed by atoms with E-state index in [0.29, 0.717) is 11.6 Å². The van der Waals surface area contributed by atoms with Gasteiger partial charge >= 0.3 is 0 Å². The van der Waals surface area contributed by atoms with Crippen molar-refractivity contribution >= 4 is 11.1 Å². The monoisotopic (exact) mass is 353 g/mol. The zero-order chi connectivity index (χ0) is 18.2. The second kappa shape index (κ2) is 6.17. The number of fused-ring (bicyclic) bond motifs is 1. The molecule has 27 heavy (non-hydrogen) atoms. The van der Waals surface area contributed by atoms with E-state index < -0.39 is 0 Å². The lowest BCUT2D eigenvalue weighted by molar-refractivity contribution is 0.617. The second-order valence-corrected chi connectivity index (χ2v) is 6.23. The molecule has 0 bridgehead atoms. The summed E-state index contributed by atoms with van der Waals surface area (Å²) in [6, 6.07) is 19.8. The van der Waals surface area contributed by atoms with Gasteiger partial charge in [-0.15, -0.1) is 10.2 Å². The number of aryl methyl sites for hydroxylation is 1. The molecule has 0 aliphatic rings. The number of benzene rings is 2. The highest BCUT2D eigenvalue weighted by Gasteiger charge is 2.14. The van der Waals surface area contributed by atoms with Crippen molar-refractivity contribution in [2.75, 3.05) is 0 Å². The van der Waals surface area contributed by atoms with Gasteiger partial charge in [0.1, 0.15) is 17.5 Å². The molecule has 6 heteroatoms. The van der Waals surface area contributed by atoms with Crippen LogP contribution in [0.1, 0.15) is 0 Å². The van der Waals surface area contributed by atoms with Crippen molar-refractivity contribution < 1.29 is 4.42 Å². The van der Waals surface area contributed by atoms with Crippen LogP contribution in [0.2, 0.25) is 0 Å². The van der Waals surface area contributed by atoms with Crippen molar-refractivity contribution in [3.05, 3.63) is 73.2 Å². The molecule has 0 unspecified atom stereocenters. The fourth-order valence-corrected chi connectivity index (χ4v) is 3.15. The number of nitrogens with zero attached hydrogens (tertiary/aromatic N) is 5. The lowest BCUT2D eigenvalue weighted by atomic mass is 9.99. The number of rotatable bonds is 3. The van der Waals surface area contributed by atoms with Gasteiger partial charge in [-0.2, -0.15) is 0 Å². The molecule has 0 aliphatic heterocycles. The van der Waals surface area contributed by atoms with Crippen LogP contribution in [-0.2, 0) is 7.05 Å². The number of hydrogen-bond acceptors (Lipinski definition) is 5. The average Bonchev–Trinajstić information content (AvgIpc) is 3.34. The van der Waals surface area contributed by atoms with Crippen LogP contribution in [-0.4, -0.2) is 24.7 Å². The van der Waals surface area contributed by atoms with Crippen LogP contribution in [0.15, 0.2) is 77.6 Å². The van der Waals surface area contributed by atoms with E-state index in [1.165, 1.54) is 0 Å². The maximum Gasteiger partial charge on any atom is 0.246 e. The number of pyridine rings is 1. The Morgan fingerprint density at radius 3 is 2.56 bits per heavy atom. The molecule has 0 saturated heterocycles. The fraction of sp³-hybridized carbons (Fsp3) is 0.0476. The Morgan fingerprint density at radius 2 is 1.74 bits per heavy atom. The normalized spacial score (nSPS) is 11.1. The Kier molecular flexibility index (Phi) is 3.53. The van der Waals surface area contributed by atoms with Crippen LogP contribution in [0.25, 0.3) is 45.2 Å². The molecule has 6 nitrogen and oxygen atoms in total. The highest BCUT2D eigenvalue weighted by molar-refractivity contribution is 5.82. The van der Waals surface area contributed by atoms with E-state index >= 15 is 0 Å². The van der Waals surface area contributed by atoms with Crippen molar-refractivity contribution in [1.82, 2.24) is 24.7 Å². The molecule has 0 N–H and O–H groups in total. The van der Waals surface area contributed by atoms with Gasteiger partial charge in [-0.3, -0.25) is 4.98 Å². The van der Waals surface area contributed by atoms with Crippen LogP contribution < -0.4 is 0 Å². The Labute approximate surface area is 155 Å². The summed E-state index contributed by atoms with van der Waals surface area (Å²) in [4.78, 5) is 9.00. The van der Waals surface area contributed by atoms with Crippen molar-refractivity contribution in [3.8, 4) is 34.1 Å². The molecule has 0 aliphatic carbocycles. The summed E-state index contributed by atoms with van der Waals surface area (Å²) < 4.78 is 7.77. The first-order valence-electron chi connectivity index (χ1n) is 8.55. The van der Waals surface area contributed by atoms with Crippen molar-refractivity contribution in [3.63, 3.8) is 0 Å². The molecule has 0 spiro atoms. The SMILES string of the molecule is Cn1cnnc1-c1ccccc1-c1ccnc(-c2nc3ccccc3o2)c1. The Hall–Kier alpha value is -3.80. The Bertz CT molecular complexity index is 1220. The van der Waals surface area contributed by atoms with Crippen LogP contribution in [0, 0.1) is 0 Å². The van der Waals surface area contributed by atoms with Gasteiger partial charge in [-0.1, -0.05) is 36.4 Å². The molecule has 0 saturated carbocycles. The molecule has 3 heterocycles. The van der Waals surface area contributed by atoms with Crippen molar-refractivity contribution in [2.24, 2.45) is 7.05 Å². The average molecular weight is 353 g/mol.